The Kier molecular flexibility index (Phi) is 4.65. The molecular formula is C18H22N4O3. The number of nitrogens with one attached hydrogen (secondary N) is 3. The van der Waals surface area contributed by atoms with Gasteiger partial charge in [0.15, 0.2) is 0 Å². The Bertz CT molecular complexity index is 752. The minimum atomic E-state index is -0.536. The van der Waals surface area contributed by atoms with Crippen molar-refractivity contribution in [3.63, 3.8) is 0 Å². The van der Waals surface area contributed by atoms with Gasteiger partial charge in [-0.05, 0) is 37.3 Å². The molecule has 0 unspecified atom stereocenters. The van der Waals surface area contributed by atoms with Gasteiger partial charge in [0, 0.05) is 0 Å². The van der Waals surface area contributed by atoms with Crippen molar-refractivity contribution in [2.24, 2.45) is 5.73 Å². The molecule has 1 aromatic carbocycles. The predicted molar refractivity (Wildman–Crippen MR) is 93.5 cm³/mol. The Morgan fingerprint density at radius 2 is 2.12 bits per heavy atom. The maximum absolute atomic E-state index is 12.3. The van der Waals surface area contributed by atoms with Crippen LogP contribution in [0, 0.1) is 0 Å². The molecule has 1 saturated carbocycles. The molecule has 25 heavy (non-hydrogen) atoms. The van der Waals surface area contributed by atoms with E-state index in [1.54, 1.807) is 0 Å². The highest BCUT2D eigenvalue weighted by Crippen LogP contribution is 2.44. The summed E-state index contributed by atoms with van der Waals surface area (Å²) in [7, 11) is 0. The summed E-state index contributed by atoms with van der Waals surface area (Å²) in [5.74, 6) is 0.968. The van der Waals surface area contributed by atoms with Gasteiger partial charge in [0.05, 0.1) is 17.4 Å². The van der Waals surface area contributed by atoms with Crippen LogP contribution < -0.4 is 26.4 Å². The number of nitrogens with two attached hydrogens (primary N) is 1. The highest BCUT2D eigenvalue weighted by atomic mass is 16.5. The van der Waals surface area contributed by atoms with Crippen LogP contribution in [-0.2, 0) is 4.79 Å². The van der Waals surface area contributed by atoms with Crippen LogP contribution in [0.1, 0.15) is 31.2 Å². The number of para-hydroxylation sites is 1. The quantitative estimate of drug-likeness (QED) is 0.628. The molecule has 7 nitrogen and oxygen atoms in total. The van der Waals surface area contributed by atoms with Crippen molar-refractivity contribution in [1.82, 2.24) is 16.0 Å². The first kappa shape index (κ1) is 16.9. The van der Waals surface area contributed by atoms with E-state index in [0.717, 1.165) is 5.75 Å². The Morgan fingerprint density at radius 1 is 1.40 bits per heavy atom. The summed E-state index contributed by atoms with van der Waals surface area (Å²) in [6.07, 6.45) is 2.38. The second kappa shape index (κ2) is 6.88. The summed E-state index contributed by atoms with van der Waals surface area (Å²) in [5, 5.41) is 7.57. The Balaban J connectivity index is 1.58. The molecule has 0 spiro atoms. The van der Waals surface area contributed by atoms with Gasteiger partial charge in [-0.3, -0.25) is 4.79 Å². The third kappa shape index (κ3) is 3.93. The third-order valence-corrected chi connectivity index (χ3v) is 4.13. The number of amides is 3. The second-order valence-electron chi connectivity index (χ2n) is 6.34. The summed E-state index contributed by atoms with van der Waals surface area (Å²) in [6.45, 7) is 5.75. The molecule has 1 atom stereocenters. The molecule has 1 aliphatic heterocycles. The van der Waals surface area contributed by atoms with Crippen molar-refractivity contribution in [3.05, 3.63) is 53.5 Å². The summed E-state index contributed by atoms with van der Waals surface area (Å²) >= 11 is 0. The molecule has 1 fully saturated rings. The Morgan fingerprint density at radius 3 is 2.84 bits per heavy atom. The molecule has 0 radical (unpaired) electrons. The number of carbonyl (C=O) groups is 2. The third-order valence-electron chi connectivity index (χ3n) is 4.13. The van der Waals surface area contributed by atoms with Crippen LogP contribution in [0.3, 0.4) is 0 Å². The van der Waals surface area contributed by atoms with Crippen molar-refractivity contribution >= 4 is 11.9 Å². The van der Waals surface area contributed by atoms with Crippen LogP contribution >= 0.6 is 0 Å². The van der Waals surface area contributed by atoms with Gasteiger partial charge in [0.2, 0.25) is 0 Å². The van der Waals surface area contributed by atoms with Crippen molar-refractivity contribution in [1.29, 1.82) is 0 Å². The number of rotatable bonds is 6. The van der Waals surface area contributed by atoms with Gasteiger partial charge in [-0.2, -0.15) is 0 Å². The fourth-order valence-corrected chi connectivity index (χ4v) is 2.64. The highest BCUT2D eigenvalue weighted by Gasteiger charge is 2.27. The van der Waals surface area contributed by atoms with Gasteiger partial charge >= 0.3 is 6.03 Å². The molecule has 2 aliphatic rings. The molecule has 5 N–H and O–H groups in total. The minimum absolute atomic E-state index is 0.000944. The first-order valence-electron chi connectivity index (χ1n) is 8.25. The van der Waals surface area contributed by atoms with Crippen LogP contribution in [0.5, 0.6) is 5.75 Å². The maximum Gasteiger partial charge on any atom is 0.323 e. The lowest BCUT2D eigenvalue weighted by atomic mass is 10.1. The van der Waals surface area contributed by atoms with Gasteiger partial charge in [-0.15, -0.1) is 0 Å². The van der Waals surface area contributed by atoms with E-state index >= 15 is 0 Å². The van der Waals surface area contributed by atoms with Crippen LogP contribution in [-0.4, -0.2) is 24.6 Å². The molecule has 0 bridgehead atoms. The van der Waals surface area contributed by atoms with E-state index in [1.807, 2.05) is 25.1 Å². The second-order valence-corrected chi connectivity index (χ2v) is 6.34. The number of hydrogen-bond acceptors (Lipinski definition) is 4. The van der Waals surface area contributed by atoms with Crippen LogP contribution in [0.15, 0.2) is 47.9 Å². The van der Waals surface area contributed by atoms with E-state index in [0.29, 0.717) is 12.5 Å². The van der Waals surface area contributed by atoms with E-state index in [9.17, 15) is 9.59 Å². The van der Waals surface area contributed by atoms with Crippen LogP contribution in [0.4, 0.5) is 4.79 Å². The van der Waals surface area contributed by atoms with Crippen LogP contribution in [0.25, 0.3) is 0 Å². The Labute approximate surface area is 146 Å². The fourth-order valence-electron chi connectivity index (χ4n) is 2.64. The topological polar surface area (TPSA) is 105 Å². The standard InChI is InChI=1S/C18H22N4O3/c1-10(9-25-14-6-4-3-5-13(14)12-7-8-12)20-17(23)16-15(19)11(2)21-18(24)22-16/h3-6,10,12H,2,7-9,19H2,1H3,(H,20,23)(H2,21,22,24)/t10-/m1/s1. The minimum Gasteiger partial charge on any atom is -0.491 e. The lowest BCUT2D eigenvalue weighted by Gasteiger charge is -2.22. The van der Waals surface area contributed by atoms with Gasteiger partial charge in [-0.1, -0.05) is 24.8 Å². The van der Waals surface area contributed by atoms with Crippen molar-refractivity contribution in [3.8, 4) is 5.75 Å². The van der Waals surface area contributed by atoms with Gasteiger partial charge in [-0.25, -0.2) is 4.79 Å². The maximum atomic E-state index is 12.3. The first-order chi connectivity index (χ1) is 12.0. The average molecular weight is 342 g/mol. The SMILES string of the molecule is C=C1NC(=O)NC(C(=O)N[C@H](C)COc2ccccc2C2CC2)=C1N. The number of ether oxygens (including phenoxy) is 1. The van der Waals surface area contributed by atoms with E-state index in [2.05, 4.69) is 28.6 Å². The lowest BCUT2D eigenvalue weighted by Crippen LogP contribution is -2.49. The smallest absolute Gasteiger partial charge is 0.323 e. The molecule has 1 heterocycles. The number of urea groups is 1. The first-order valence-corrected chi connectivity index (χ1v) is 8.25. The number of hydrogen-bond donors (Lipinski definition) is 4. The van der Waals surface area contributed by atoms with Gasteiger partial charge in [0.1, 0.15) is 18.1 Å². The zero-order chi connectivity index (χ0) is 18.0. The summed E-state index contributed by atoms with van der Waals surface area (Å²) in [5.41, 5.74) is 7.33. The summed E-state index contributed by atoms with van der Waals surface area (Å²) in [6, 6.07) is 7.17. The number of carbonyl (C=O) groups excluding carboxylic acids is 2. The molecule has 1 aliphatic carbocycles. The van der Waals surface area contributed by atoms with E-state index < -0.39 is 11.9 Å². The molecule has 0 aromatic heterocycles. The average Bonchev–Trinajstić information content (AvgIpc) is 3.41. The van der Waals surface area contributed by atoms with E-state index in [-0.39, 0.29) is 23.1 Å². The normalized spacial score (nSPS) is 18.3. The summed E-state index contributed by atoms with van der Waals surface area (Å²) in [4.78, 5) is 23.8. The molecule has 7 heteroatoms. The van der Waals surface area contributed by atoms with Crippen LogP contribution in [0.2, 0.25) is 0 Å². The van der Waals surface area contributed by atoms with Crippen molar-refractivity contribution < 1.29 is 14.3 Å². The monoisotopic (exact) mass is 342 g/mol. The Hall–Kier alpha value is -2.96. The molecule has 132 valence electrons. The van der Waals surface area contributed by atoms with Gasteiger partial charge < -0.3 is 26.4 Å². The fraction of sp³-hybridized carbons (Fsp3) is 0.333. The van der Waals surface area contributed by atoms with E-state index in [4.69, 9.17) is 10.5 Å². The molecule has 0 saturated heterocycles. The van der Waals surface area contributed by atoms with Crippen molar-refractivity contribution in [2.75, 3.05) is 6.61 Å². The lowest BCUT2D eigenvalue weighted by molar-refractivity contribution is -0.118. The van der Waals surface area contributed by atoms with Crippen molar-refractivity contribution in [2.45, 2.75) is 31.7 Å². The molecule has 1 aromatic rings. The molecular weight excluding hydrogens is 320 g/mol. The van der Waals surface area contributed by atoms with E-state index in [1.165, 1.54) is 18.4 Å². The zero-order valence-electron chi connectivity index (χ0n) is 14.1. The number of benzene rings is 1. The molecule has 3 amide bonds. The summed E-state index contributed by atoms with van der Waals surface area (Å²) < 4.78 is 5.88. The predicted octanol–water partition coefficient (Wildman–Crippen LogP) is 1.44. The highest BCUT2D eigenvalue weighted by molar-refractivity contribution is 6.00. The molecule has 3 rings (SSSR count). The largest absolute Gasteiger partial charge is 0.491 e. The zero-order valence-corrected chi connectivity index (χ0v) is 14.1. The van der Waals surface area contributed by atoms with Gasteiger partial charge in [0.25, 0.3) is 5.91 Å².